The summed E-state index contributed by atoms with van der Waals surface area (Å²) in [7, 11) is -4.37. The fraction of sp³-hybridized carbons (Fsp3) is 0.965. The molecule has 0 aromatic carbocycles. The van der Waals surface area contributed by atoms with Gasteiger partial charge in [-0.15, -0.1) is 0 Å². The van der Waals surface area contributed by atoms with Gasteiger partial charge in [-0.05, 0) is 12.8 Å². The Bertz CT molecular complexity index is 1060. The van der Waals surface area contributed by atoms with E-state index in [1.54, 1.807) is 0 Å². The number of carbonyl (C=O) groups excluding carboxylic acids is 2. The first-order chi connectivity index (χ1) is 32.8. The molecule has 0 amide bonds. The number of carbonyl (C=O) groups is 2. The second kappa shape index (κ2) is 54.3. The molecular formula is C57H114NO8P. The number of hydrogen-bond donors (Lipinski definition) is 2. The van der Waals surface area contributed by atoms with Crippen molar-refractivity contribution in [3.63, 3.8) is 0 Å². The molecule has 9 nitrogen and oxygen atoms in total. The van der Waals surface area contributed by atoms with E-state index < -0.39 is 26.5 Å². The van der Waals surface area contributed by atoms with Gasteiger partial charge in [0.2, 0.25) is 0 Å². The fourth-order valence-electron chi connectivity index (χ4n) is 9.11. The first-order valence-corrected chi connectivity index (χ1v) is 31.0. The summed E-state index contributed by atoms with van der Waals surface area (Å²) in [6.07, 6.45) is 60.8. The first-order valence-electron chi connectivity index (χ1n) is 29.5. The summed E-state index contributed by atoms with van der Waals surface area (Å²) in [6, 6.07) is 0. The van der Waals surface area contributed by atoms with Gasteiger partial charge in [0.1, 0.15) is 6.61 Å². The lowest BCUT2D eigenvalue weighted by Gasteiger charge is -2.19. The molecule has 0 bridgehead atoms. The van der Waals surface area contributed by atoms with E-state index in [4.69, 9.17) is 24.3 Å². The average molecular weight is 973 g/mol. The molecule has 0 saturated heterocycles. The molecule has 0 spiro atoms. The minimum Gasteiger partial charge on any atom is -0.462 e. The molecule has 0 heterocycles. The van der Waals surface area contributed by atoms with Crippen LogP contribution in [0.4, 0.5) is 0 Å². The van der Waals surface area contributed by atoms with E-state index in [1.165, 1.54) is 257 Å². The van der Waals surface area contributed by atoms with E-state index in [0.29, 0.717) is 6.42 Å². The maximum absolute atomic E-state index is 12.6. The first kappa shape index (κ1) is 66.0. The third kappa shape index (κ3) is 54.2. The van der Waals surface area contributed by atoms with Crippen molar-refractivity contribution >= 4 is 19.8 Å². The van der Waals surface area contributed by atoms with E-state index in [-0.39, 0.29) is 38.6 Å². The number of esters is 2. The quantitative estimate of drug-likeness (QED) is 0.0347. The highest BCUT2D eigenvalue weighted by atomic mass is 31.2. The third-order valence-electron chi connectivity index (χ3n) is 13.5. The molecule has 0 aromatic rings. The predicted octanol–water partition coefficient (Wildman–Crippen LogP) is 18.3. The molecule has 67 heavy (non-hydrogen) atoms. The van der Waals surface area contributed by atoms with Gasteiger partial charge in [-0.2, -0.15) is 0 Å². The van der Waals surface area contributed by atoms with Crippen LogP contribution in [0, 0.1) is 0 Å². The fourth-order valence-corrected chi connectivity index (χ4v) is 9.88. The number of phosphoric ester groups is 1. The minimum absolute atomic E-state index is 0.0581. The van der Waals surface area contributed by atoms with Gasteiger partial charge >= 0.3 is 19.8 Å². The molecule has 0 aliphatic heterocycles. The van der Waals surface area contributed by atoms with E-state index in [0.717, 1.165) is 32.1 Å². The minimum atomic E-state index is -4.37. The maximum Gasteiger partial charge on any atom is 0.472 e. The zero-order valence-corrected chi connectivity index (χ0v) is 45.6. The summed E-state index contributed by atoms with van der Waals surface area (Å²) in [5.74, 6) is -0.812. The Morgan fingerprint density at radius 3 is 0.910 bits per heavy atom. The summed E-state index contributed by atoms with van der Waals surface area (Å²) in [4.78, 5) is 34.9. The summed E-state index contributed by atoms with van der Waals surface area (Å²) in [5, 5.41) is 0. The monoisotopic (exact) mass is 972 g/mol. The lowest BCUT2D eigenvalue weighted by atomic mass is 10.0. The largest absolute Gasteiger partial charge is 0.472 e. The van der Waals surface area contributed by atoms with E-state index in [2.05, 4.69) is 13.8 Å². The van der Waals surface area contributed by atoms with Gasteiger partial charge in [-0.25, -0.2) is 4.57 Å². The summed E-state index contributed by atoms with van der Waals surface area (Å²) < 4.78 is 32.9. The average Bonchev–Trinajstić information content (AvgIpc) is 3.32. The molecule has 10 heteroatoms. The number of nitrogens with two attached hydrogens (primary N) is 1. The number of hydrogen-bond acceptors (Lipinski definition) is 8. The SMILES string of the molecule is CCCCCCCCCCCCCCCCCCCCCCCCCCCCCCCCCCCCCCCC(=O)OC(COC(=O)CCCCCCCCCCC)COP(=O)(O)OCCN. The standard InChI is InChI=1S/C57H114NO8P/c1-3-5-7-9-11-13-14-15-16-17-18-19-20-21-22-23-24-25-26-27-28-29-30-31-32-33-34-35-36-37-38-39-40-42-44-46-48-50-57(60)66-55(54-65-67(61,62)64-52-51-58)53-63-56(59)49-47-45-43-41-12-10-8-6-4-2/h55H,3-54,58H2,1-2H3,(H,61,62). The topological polar surface area (TPSA) is 134 Å². The van der Waals surface area contributed by atoms with Crippen molar-refractivity contribution in [2.75, 3.05) is 26.4 Å². The Morgan fingerprint density at radius 2 is 0.642 bits per heavy atom. The molecule has 0 aliphatic carbocycles. The number of phosphoric acid groups is 1. The lowest BCUT2D eigenvalue weighted by Crippen LogP contribution is -2.29. The van der Waals surface area contributed by atoms with Crippen molar-refractivity contribution in [3.05, 3.63) is 0 Å². The van der Waals surface area contributed by atoms with E-state index in [1.807, 2.05) is 0 Å². The predicted molar refractivity (Wildman–Crippen MR) is 285 cm³/mol. The highest BCUT2D eigenvalue weighted by Gasteiger charge is 2.26. The zero-order valence-electron chi connectivity index (χ0n) is 44.7. The lowest BCUT2D eigenvalue weighted by molar-refractivity contribution is -0.161. The molecule has 0 aliphatic rings. The van der Waals surface area contributed by atoms with Crippen LogP contribution in [-0.4, -0.2) is 49.3 Å². The molecule has 0 fully saturated rings. The van der Waals surface area contributed by atoms with Gasteiger partial charge in [-0.3, -0.25) is 18.6 Å². The Morgan fingerprint density at radius 1 is 0.388 bits per heavy atom. The van der Waals surface area contributed by atoms with Gasteiger partial charge < -0.3 is 20.1 Å². The summed E-state index contributed by atoms with van der Waals surface area (Å²) >= 11 is 0. The Balaban J connectivity index is 3.66. The maximum atomic E-state index is 12.6. The zero-order chi connectivity index (χ0) is 48.8. The van der Waals surface area contributed by atoms with Crippen LogP contribution >= 0.6 is 7.82 Å². The van der Waals surface area contributed by atoms with Crippen molar-refractivity contribution in [2.45, 2.75) is 328 Å². The van der Waals surface area contributed by atoms with E-state index in [9.17, 15) is 19.0 Å². The summed E-state index contributed by atoms with van der Waals surface area (Å²) in [6.45, 7) is 3.77. The number of ether oxygens (including phenoxy) is 2. The molecule has 0 radical (unpaired) electrons. The van der Waals surface area contributed by atoms with Gasteiger partial charge in [0.05, 0.1) is 13.2 Å². The van der Waals surface area contributed by atoms with Crippen molar-refractivity contribution in [2.24, 2.45) is 5.73 Å². The highest BCUT2D eigenvalue weighted by Crippen LogP contribution is 2.43. The van der Waals surface area contributed by atoms with Crippen LogP contribution in [0.25, 0.3) is 0 Å². The molecule has 0 rings (SSSR count). The van der Waals surface area contributed by atoms with Crippen LogP contribution in [-0.2, 0) is 32.7 Å². The third-order valence-corrected chi connectivity index (χ3v) is 14.5. The van der Waals surface area contributed by atoms with Gasteiger partial charge in [0, 0.05) is 19.4 Å². The van der Waals surface area contributed by atoms with Crippen LogP contribution < -0.4 is 5.73 Å². The normalized spacial score (nSPS) is 13.0. The molecule has 2 atom stereocenters. The molecular weight excluding hydrogens is 858 g/mol. The van der Waals surface area contributed by atoms with Crippen LogP contribution in [0.15, 0.2) is 0 Å². The van der Waals surface area contributed by atoms with E-state index >= 15 is 0 Å². The van der Waals surface area contributed by atoms with Crippen molar-refractivity contribution in [3.8, 4) is 0 Å². The van der Waals surface area contributed by atoms with Crippen LogP contribution in [0.1, 0.15) is 322 Å². The highest BCUT2D eigenvalue weighted by molar-refractivity contribution is 7.47. The Labute approximate surface area is 416 Å². The van der Waals surface area contributed by atoms with Crippen molar-refractivity contribution in [1.82, 2.24) is 0 Å². The molecule has 2 unspecified atom stereocenters. The smallest absolute Gasteiger partial charge is 0.462 e. The van der Waals surface area contributed by atoms with Gasteiger partial charge in [-0.1, -0.05) is 296 Å². The van der Waals surface area contributed by atoms with Gasteiger partial charge in [0.25, 0.3) is 0 Å². The Hall–Kier alpha value is -0.990. The van der Waals surface area contributed by atoms with Crippen LogP contribution in [0.5, 0.6) is 0 Å². The summed E-state index contributed by atoms with van der Waals surface area (Å²) in [5.41, 5.74) is 5.36. The second-order valence-electron chi connectivity index (χ2n) is 20.2. The number of rotatable bonds is 57. The number of unbranched alkanes of at least 4 members (excludes halogenated alkanes) is 44. The van der Waals surface area contributed by atoms with Crippen LogP contribution in [0.2, 0.25) is 0 Å². The van der Waals surface area contributed by atoms with Crippen molar-refractivity contribution < 1.29 is 37.6 Å². The molecule has 0 saturated carbocycles. The molecule has 3 N–H and O–H groups in total. The van der Waals surface area contributed by atoms with Crippen LogP contribution in [0.3, 0.4) is 0 Å². The molecule has 400 valence electrons. The Kier molecular flexibility index (Phi) is 53.5. The van der Waals surface area contributed by atoms with Crippen molar-refractivity contribution in [1.29, 1.82) is 0 Å². The molecule has 0 aromatic heterocycles. The van der Waals surface area contributed by atoms with Gasteiger partial charge in [0.15, 0.2) is 6.10 Å². The second-order valence-corrected chi connectivity index (χ2v) is 21.7.